The molecule has 0 radical (unpaired) electrons. The summed E-state index contributed by atoms with van der Waals surface area (Å²) in [6, 6.07) is 7.73. The first-order valence-corrected chi connectivity index (χ1v) is 9.01. The van der Waals surface area contributed by atoms with Crippen LogP contribution in [0.4, 0.5) is 10.8 Å². The van der Waals surface area contributed by atoms with E-state index in [9.17, 15) is 4.79 Å². The van der Waals surface area contributed by atoms with Crippen LogP contribution < -0.4 is 10.6 Å². The number of aromatic nitrogens is 2. The van der Waals surface area contributed by atoms with Crippen LogP contribution in [0.1, 0.15) is 19.8 Å². The maximum atomic E-state index is 12.2. The maximum Gasteiger partial charge on any atom is 0.237 e. The predicted octanol–water partition coefficient (Wildman–Crippen LogP) is 3.89. The molecule has 1 aliphatic rings. The molecule has 0 spiro atoms. The molecule has 1 amide bonds. The Morgan fingerprint density at radius 2 is 2.18 bits per heavy atom. The van der Waals surface area contributed by atoms with E-state index >= 15 is 0 Å². The zero-order valence-electron chi connectivity index (χ0n) is 11.9. The van der Waals surface area contributed by atoms with Gasteiger partial charge in [-0.3, -0.25) is 4.79 Å². The Hall–Kier alpha value is -1.31. The molecule has 8 heteroatoms. The van der Waals surface area contributed by atoms with Gasteiger partial charge in [-0.05, 0) is 31.9 Å². The second kappa shape index (κ2) is 6.85. The molecule has 5 nitrogen and oxygen atoms in total. The van der Waals surface area contributed by atoms with Crippen LogP contribution in [0.25, 0.3) is 0 Å². The van der Waals surface area contributed by atoms with Crippen LogP contribution in [-0.4, -0.2) is 27.4 Å². The molecule has 22 heavy (non-hydrogen) atoms. The van der Waals surface area contributed by atoms with Crippen molar-refractivity contribution >= 4 is 51.4 Å². The molecule has 1 heterocycles. The van der Waals surface area contributed by atoms with Crippen LogP contribution in [0.2, 0.25) is 5.02 Å². The predicted molar refractivity (Wildman–Crippen MR) is 92.0 cm³/mol. The molecule has 1 aromatic carbocycles. The Morgan fingerprint density at radius 1 is 1.41 bits per heavy atom. The van der Waals surface area contributed by atoms with Crippen molar-refractivity contribution in [1.29, 1.82) is 0 Å². The summed E-state index contributed by atoms with van der Waals surface area (Å²) >= 11 is 8.92. The average Bonchev–Trinajstić information content (AvgIpc) is 3.20. The highest BCUT2D eigenvalue weighted by molar-refractivity contribution is 8.02. The molecular formula is C14H15ClN4OS2. The van der Waals surface area contributed by atoms with Gasteiger partial charge in [0, 0.05) is 6.04 Å². The first-order chi connectivity index (χ1) is 10.6. The number of hydrogen-bond acceptors (Lipinski definition) is 6. The van der Waals surface area contributed by atoms with Crippen LogP contribution in [0, 0.1) is 0 Å². The first-order valence-electron chi connectivity index (χ1n) is 6.94. The number of para-hydroxylation sites is 1. The number of amides is 1. The molecule has 0 bridgehead atoms. The summed E-state index contributed by atoms with van der Waals surface area (Å²) in [6.45, 7) is 1.84. The van der Waals surface area contributed by atoms with E-state index in [0.717, 1.165) is 9.47 Å². The molecule has 1 fully saturated rings. The van der Waals surface area contributed by atoms with Crippen molar-refractivity contribution in [3.8, 4) is 0 Å². The minimum absolute atomic E-state index is 0.106. The van der Waals surface area contributed by atoms with Gasteiger partial charge >= 0.3 is 0 Å². The molecule has 1 saturated carbocycles. The first kappa shape index (κ1) is 15.6. The van der Waals surface area contributed by atoms with Crippen molar-refractivity contribution < 1.29 is 4.79 Å². The number of halogens is 1. The number of nitrogens with one attached hydrogen (secondary N) is 2. The van der Waals surface area contributed by atoms with E-state index in [1.54, 1.807) is 12.1 Å². The summed E-state index contributed by atoms with van der Waals surface area (Å²) in [7, 11) is 0. The van der Waals surface area contributed by atoms with Gasteiger partial charge in [0.15, 0.2) is 4.34 Å². The van der Waals surface area contributed by atoms with Gasteiger partial charge in [-0.2, -0.15) is 0 Å². The van der Waals surface area contributed by atoms with Crippen molar-refractivity contribution in [1.82, 2.24) is 10.2 Å². The van der Waals surface area contributed by atoms with Crippen LogP contribution in [0.15, 0.2) is 28.6 Å². The van der Waals surface area contributed by atoms with Crippen molar-refractivity contribution in [3.63, 3.8) is 0 Å². The van der Waals surface area contributed by atoms with E-state index in [1.807, 2.05) is 19.1 Å². The highest BCUT2D eigenvalue weighted by Gasteiger charge is 2.23. The lowest BCUT2D eigenvalue weighted by Gasteiger charge is -2.11. The summed E-state index contributed by atoms with van der Waals surface area (Å²) in [5.41, 5.74) is 0.620. The molecular weight excluding hydrogens is 340 g/mol. The fraction of sp³-hybridized carbons (Fsp3) is 0.357. The average molecular weight is 355 g/mol. The number of carbonyl (C=O) groups is 1. The van der Waals surface area contributed by atoms with Gasteiger partial charge < -0.3 is 10.6 Å². The second-order valence-corrected chi connectivity index (χ2v) is 7.99. The SMILES string of the molecule is C[C@@H](Sc1nnc(NC2CC2)s1)C(=O)Nc1ccccc1Cl. The molecule has 0 saturated heterocycles. The van der Waals surface area contributed by atoms with Gasteiger partial charge in [0.1, 0.15) is 0 Å². The second-order valence-electron chi connectivity index (χ2n) is 5.02. The lowest BCUT2D eigenvalue weighted by Crippen LogP contribution is -2.22. The summed E-state index contributed by atoms with van der Waals surface area (Å²) in [5, 5.41) is 15.4. The highest BCUT2D eigenvalue weighted by Crippen LogP contribution is 2.32. The molecule has 1 aromatic heterocycles. The number of anilines is 2. The van der Waals surface area contributed by atoms with E-state index in [0.29, 0.717) is 16.8 Å². The lowest BCUT2D eigenvalue weighted by atomic mass is 10.3. The van der Waals surface area contributed by atoms with Crippen LogP contribution >= 0.6 is 34.7 Å². The summed E-state index contributed by atoms with van der Waals surface area (Å²) in [4.78, 5) is 12.2. The van der Waals surface area contributed by atoms with Gasteiger partial charge in [-0.1, -0.05) is 46.8 Å². The van der Waals surface area contributed by atoms with Crippen molar-refractivity contribution in [2.45, 2.75) is 35.4 Å². The summed E-state index contributed by atoms with van der Waals surface area (Å²) in [6.07, 6.45) is 2.39. The number of carbonyl (C=O) groups excluding carboxylic acids is 1. The number of benzene rings is 1. The smallest absolute Gasteiger partial charge is 0.237 e. The van der Waals surface area contributed by atoms with Crippen molar-refractivity contribution in [3.05, 3.63) is 29.3 Å². The zero-order chi connectivity index (χ0) is 15.5. The topological polar surface area (TPSA) is 66.9 Å². The van der Waals surface area contributed by atoms with Gasteiger partial charge in [-0.25, -0.2) is 0 Å². The highest BCUT2D eigenvalue weighted by atomic mass is 35.5. The molecule has 0 unspecified atom stereocenters. The molecule has 3 rings (SSSR count). The van der Waals surface area contributed by atoms with E-state index in [1.165, 1.54) is 35.9 Å². The van der Waals surface area contributed by atoms with Crippen molar-refractivity contribution in [2.75, 3.05) is 10.6 Å². The fourth-order valence-corrected chi connectivity index (χ4v) is 3.88. The fourth-order valence-electron chi connectivity index (χ4n) is 1.72. The van der Waals surface area contributed by atoms with Gasteiger partial charge in [0.05, 0.1) is 16.0 Å². The maximum absolute atomic E-state index is 12.2. The molecule has 0 aliphatic heterocycles. The third-order valence-corrected chi connectivity index (χ3v) is 5.46. The van der Waals surface area contributed by atoms with Crippen LogP contribution in [-0.2, 0) is 4.79 Å². The Labute approximate surface area is 141 Å². The van der Waals surface area contributed by atoms with Gasteiger partial charge in [-0.15, -0.1) is 10.2 Å². The van der Waals surface area contributed by atoms with E-state index in [4.69, 9.17) is 11.6 Å². The quantitative estimate of drug-likeness (QED) is 0.770. The molecule has 2 aromatic rings. The summed E-state index contributed by atoms with van der Waals surface area (Å²) in [5.74, 6) is -0.106. The van der Waals surface area contributed by atoms with Crippen LogP contribution in [0.5, 0.6) is 0 Å². The van der Waals surface area contributed by atoms with Gasteiger partial charge in [0.2, 0.25) is 11.0 Å². The summed E-state index contributed by atoms with van der Waals surface area (Å²) < 4.78 is 0.782. The minimum atomic E-state index is -0.280. The monoisotopic (exact) mass is 354 g/mol. The minimum Gasteiger partial charge on any atom is -0.357 e. The number of thioether (sulfide) groups is 1. The lowest BCUT2D eigenvalue weighted by molar-refractivity contribution is -0.115. The molecule has 1 atom stereocenters. The van der Waals surface area contributed by atoms with E-state index in [2.05, 4.69) is 20.8 Å². The Morgan fingerprint density at radius 3 is 2.91 bits per heavy atom. The third kappa shape index (κ3) is 4.12. The standard InChI is InChI=1S/C14H15ClN4OS2/c1-8(12(20)17-11-5-3-2-4-10(11)15)21-14-19-18-13(22-14)16-9-6-7-9/h2-5,8-9H,6-7H2,1H3,(H,16,18)(H,17,20)/t8-/m1/s1. The number of hydrogen-bond donors (Lipinski definition) is 2. The number of nitrogens with zero attached hydrogens (tertiary/aromatic N) is 2. The van der Waals surface area contributed by atoms with Crippen molar-refractivity contribution in [2.24, 2.45) is 0 Å². The Kier molecular flexibility index (Phi) is 4.85. The Balaban J connectivity index is 1.56. The van der Waals surface area contributed by atoms with Gasteiger partial charge in [0.25, 0.3) is 0 Å². The largest absolute Gasteiger partial charge is 0.357 e. The third-order valence-electron chi connectivity index (χ3n) is 3.09. The van der Waals surface area contributed by atoms with E-state index in [-0.39, 0.29) is 11.2 Å². The molecule has 116 valence electrons. The molecule has 1 aliphatic carbocycles. The normalized spacial score (nSPS) is 15.4. The molecule has 2 N–H and O–H groups in total. The zero-order valence-corrected chi connectivity index (χ0v) is 14.3. The van der Waals surface area contributed by atoms with Crippen LogP contribution in [0.3, 0.4) is 0 Å². The van der Waals surface area contributed by atoms with E-state index < -0.39 is 0 Å². The Bertz CT molecular complexity index is 674. The number of rotatable bonds is 6.